The number of amides is 1. The molecule has 2 saturated heterocycles. The first-order valence-corrected chi connectivity index (χ1v) is 15.6. The zero-order valence-corrected chi connectivity index (χ0v) is 25.7. The van der Waals surface area contributed by atoms with E-state index in [1.54, 1.807) is 31.3 Å². The average Bonchev–Trinajstić information content (AvgIpc) is 3.74. The Hall–Kier alpha value is -4.36. The lowest BCUT2D eigenvalue weighted by Gasteiger charge is -2.30. The van der Waals surface area contributed by atoms with Crippen LogP contribution in [-0.2, 0) is 4.79 Å². The highest BCUT2D eigenvalue weighted by Crippen LogP contribution is 2.49. The number of ether oxygens (including phenoxy) is 1. The van der Waals surface area contributed by atoms with Crippen molar-refractivity contribution in [2.45, 2.75) is 51.6 Å². The number of terminal acetylenes is 1. The van der Waals surface area contributed by atoms with Crippen molar-refractivity contribution in [1.29, 1.82) is 0 Å². The number of aromatic nitrogens is 3. The zero-order valence-electron chi connectivity index (χ0n) is 25.7. The summed E-state index contributed by atoms with van der Waals surface area (Å²) in [7, 11) is 1.95. The Morgan fingerprint density at radius 3 is 2.84 bits per heavy atom. The molecular formula is C35H36F2N6O2. The number of halogens is 2. The fraction of sp³-hybridized carbons (Fsp3) is 0.429. The Morgan fingerprint density at radius 2 is 2.09 bits per heavy atom. The summed E-state index contributed by atoms with van der Waals surface area (Å²) in [5.74, 6) is 2.16. The van der Waals surface area contributed by atoms with Gasteiger partial charge >= 0.3 is 6.01 Å². The van der Waals surface area contributed by atoms with E-state index in [2.05, 4.69) is 33.0 Å². The highest BCUT2D eigenvalue weighted by Gasteiger charge is 2.51. The number of nitrogens with zero attached hydrogens (tertiary/aromatic N) is 5. The Kier molecular flexibility index (Phi) is 7.32. The summed E-state index contributed by atoms with van der Waals surface area (Å²) in [5, 5.41) is 5.02. The van der Waals surface area contributed by atoms with Gasteiger partial charge in [-0.1, -0.05) is 36.6 Å². The summed E-state index contributed by atoms with van der Waals surface area (Å²) in [6.07, 6.45) is 11.3. The summed E-state index contributed by atoms with van der Waals surface area (Å²) in [4.78, 5) is 30.2. The van der Waals surface area contributed by atoms with Gasteiger partial charge in [0, 0.05) is 61.7 Å². The van der Waals surface area contributed by atoms with E-state index in [1.165, 1.54) is 6.07 Å². The minimum Gasteiger partial charge on any atom is -0.463 e. The molecule has 1 saturated carbocycles. The van der Waals surface area contributed by atoms with E-state index < -0.39 is 11.6 Å². The van der Waals surface area contributed by atoms with Crippen molar-refractivity contribution in [3.05, 3.63) is 53.7 Å². The second kappa shape index (κ2) is 11.2. The molecule has 1 amide bonds. The van der Waals surface area contributed by atoms with E-state index in [-0.39, 0.29) is 46.2 Å². The molecule has 7 rings (SSSR count). The van der Waals surface area contributed by atoms with Crippen LogP contribution in [0.2, 0.25) is 0 Å². The van der Waals surface area contributed by atoms with E-state index >= 15 is 4.39 Å². The fourth-order valence-corrected chi connectivity index (χ4v) is 7.86. The van der Waals surface area contributed by atoms with Crippen LogP contribution < -0.4 is 15.0 Å². The van der Waals surface area contributed by atoms with Crippen LogP contribution in [0, 0.1) is 35.3 Å². The molecule has 4 atom stereocenters. The third kappa shape index (κ3) is 4.85. The first-order chi connectivity index (χ1) is 21.7. The smallest absolute Gasteiger partial charge is 0.319 e. The molecule has 8 nitrogen and oxygen atoms in total. The van der Waals surface area contributed by atoms with E-state index in [4.69, 9.17) is 16.1 Å². The Bertz CT molecular complexity index is 1880. The number of nitrogens with one attached hydrogen (secondary N) is 1. The van der Waals surface area contributed by atoms with Gasteiger partial charge in [0.15, 0.2) is 5.82 Å². The quantitative estimate of drug-likeness (QED) is 0.296. The van der Waals surface area contributed by atoms with Crippen LogP contribution in [0.3, 0.4) is 0 Å². The maximum atomic E-state index is 16.8. The van der Waals surface area contributed by atoms with Gasteiger partial charge in [0.05, 0.1) is 17.6 Å². The highest BCUT2D eigenvalue weighted by atomic mass is 19.1. The molecular weight excluding hydrogens is 574 g/mol. The predicted octanol–water partition coefficient (Wildman–Crippen LogP) is 5.32. The molecule has 3 fully saturated rings. The number of likely N-dealkylation sites (tertiary alicyclic amines) is 1. The number of carbonyl (C=O) groups excluding carboxylic acids is 1. The lowest BCUT2D eigenvalue weighted by molar-refractivity contribution is -0.128. The summed E-state index contributed by atoms with van der Waals surface area (Å²) in [5.41, 5.74) is 0.346. The summed E-state index contributed by atoms with van der Waals surface area (Å²) >= 11 is 0. The van der Waals surface area contributed by atoms with Gasteiger partial charge < -0.3 is 19.9 Å². The third-order valence-corrected chi connectivity index (χ3v) is 10.3. The largest absolute Gasteiger partial charge is 0.463 e. The monoisotopic (exact) mass is 610 g/mol. The van der Waals surface area contributed by atoms with Crippen molar-refractivity contribution in [3.63, 3.8) is 0 Å². The van der Waals surface area contributed by atoms with Crippen molar-refractivity contribution in [2.24, 2.45) is 11.3 Å². The second-order valence-corrected chi connectivity index (χ2v) is 12.8. The molecule has 0 bridgehead atoms. The van der Waals surface area contributed by atoms with Crippen LogP contribution in [0.1, 0.15) is 45.1 Å². The van der Waals surface area contributed by atoms with Gasteiger partial charge in [-0.15, -0.1) is 6.42 Å². The molecule has 2 aromatic heterocycles. The average molecular weight is 611 g/mol. The van der Waals surface area contributed by atoms with Crippen molar-refractivity contribution >= 4 is 33.4 Å². The van der Waals surface area contributed by atoms with E-state index in [1.807, 2.05) is 18.0 Å². The minimum atomic E-state index is -0.660. The molecule has 4 aromatic rings. The molecule has 0 spiro atoms. The standard InChI is InChI=1S/C35H36F2N6O2/c1-5-24-27(36)12-11-22-8-6-10-25(29(22)24)31-30(37)32-26(16-39-31)33(42(4)28-13-15-38-20(28)2)41-34(40-32)45-19-35-14-7-9-23(35)17-43(18-35)21(3)44/h1,6,8,10-12,16,20,23,28,38H,7,9,13-15,17-19H2,2-4H3/t20-,23?,28?,35+/m1/s1. The van der Waals surface area contributed by atoms with Crippen LogP contribution in [-0.4, -0.2) is 71.1 Å². The van der Waals surface area contributed by atoms with Gasteiger partial charge in [-0.3, -0.25) is 9.78 Å². The molecule has 2 aliphatic heterocycles. The molecule has 10 heteroatoms. The number of fused-ring (bicyclic) bond motifs is 3. The van der Waals surface area contributed by atoms with Crippen molar-refractivity contribution in [1.82, 2.24) is 25.2 Å². The molecule has 3 aliphatic rings. The maximum Gasteiger partial charge on any atom is 0.319 e. The molecule has 45 heavy (non-hydrogen) atoms. The number of anilines is 1. The van der Waals surface area contributed by atoms with E-state index in [0.29, 0.717) is 46.6 Å². The van der Waals surface area contributed by atoms with Crippen molar-refractivity contribution in [3.8, 4) is 29.6 Å². The van der Waals surface area contributed by atoms with Crippen LogP contribution >= 0.6 is 0 Å². The lowest BCUT2D eigenvalue weighted by Crippen LogP contribution is -2.40. The fourth-order valence-electron chi connectivity index (χ4n) is 7.86. The maximum absolute atomic E-state index is 16.8. The number of pyridine rings is 1. The molecule has 2 aromatic carbocycles. The predicted molar refractivity (Wildman–Crippen MR) is 170 cm³/mol. The minimum absolute atomic E-state index is 0.0201. The molecule has 1 N–H and O–H groups in total. The molecule has 1 aliphatic carbocycles. The molecule has 4 heterocycles. The summed E-state index contributed by atoms with van der Waals surface area (Å²) < 4.78 is 37.9. The molecule has 232 valence electrons. The second-order valence-electron chi connectivity index (χ2n) is 12.8. The van der Waals surface area contributed by atoms with E-state index in [9.17, 15) is 9.18 Å². The number of hydrogen-bond donors (Lipinski definition) is 1. The number of likely N-dealkylation sites (N-methyl/N-ethyl adjacent to an activating group) is 1. The van der Waals surface area contributed by atoms with Gasteiger partial charge in [-0.25, -0.2) is 8.78 Å². The Morgan fingerprint density at radius 1 is 1.24 bits per heavy atom. The van der Waals surface area contributed by atoms with Crippen LogP contribution in [0.15, 0.2) is 36.5 Å². The number of carbonyl (C=O) groups is 1. The van der Waals surface area contributed by atoms with Gasteiger partial charge in [0.1, 0.15) is 22.8 Å². The van der Waals surface area contributed by atoms with Crippen LogP contribution in [0.5, 0.6) is 6.01 Å². The van der Waals surface area contributed by atoms with Gasteiger partial charge in [0.2, 0.25) is 5.91 Å². The van der Waals surface area contributed by atoms with Gasteiger partial charge in [0.25, 0.3) is 0 Å². The van der Waals surface area contributed by atoms with Gasteiger partial charge in [-0.05, 0) is 50.1 Å². The molecule has 0 radical (unpaired) electrons. The van der Waals surface area contributed by atoms with Crippen molar-refractivity contribution < 1.29 is 18.3 Å². The van der Waals surface area contributed by atoms with Crippen molar-refractivity contribution in [2.75, 3.05) is 38.2 Å². The van der Waals surface area contributed by atoms with E-state index in [0.717, 1.165) is 38.8 Å². The van der Waals surface area contributed by atoms with Crippen LogP contribution in [0.4, 0.5) is 14.6 Å². The van der Waals surface area contributed by atoms with Crippen LogP contribution in [0.25, 0.3) is 32.9 Å². The first kappa shape index (κ1) is 29.4. The number of hydrogen-bond acceptors (Lipinski definition) is 7. The zero-order chi connectivity index (χ0) is 31.5. The topological polar surface area (TPSA) is 83.5 Å². The highest BCUT2D eigenvalue weighted by molar-refractivity contribution is 6.02. The number of rotatable bonds is 6. The Balaban J connectivity index is 1.35. The van der Waals surface area contributed by atoms with Gasteiger partial charge in [-0.2, -0.15) is 9.97 Å². The summed E-state index contributed by atoms with van der Waals surface area (Å²) in [6, 6.07) is 8.61. The number of benzene rings is 2. The summed E-state index contributed by atoms with van der Waals surface area (Å²) in [6.45, 7) is 6.29. The lowest BCUT2D eigenvalue weighted by atomic mass is 9.82. The SMILES string of the molecule is C#Cc1c(F)ccc2cccc(-c3ncc4c(N(C)C5CCN[C@@H]5C)nc(OC[C@@]56CCCC5CN(C(C)=O)C6)nc4c3F)c12. The molecule has 2 unspecified atom stereocenters. The third-order valence-electron chi connectivity index (χ3n) is 10.3. The first-order valence-electron chi connectivity index (χ1n) is 15.6. The Labute approximate surface area is 261 Å². The normalized spacial score (nSPS) is 24.3.